The van der Waals surface area contributed by atoms with E-state index in [1.807, 2.05) is 18.2 Å². The third kappa shape index (κ3) is 4.33. The van der Waals surface area contributed by atoms with E-state index < -0.39 is 0 Å². The van der Waals surface area contributed by atoms with E-state index in [0.29, 0.717) is 0 Å². The second kappa shape index (κ2) is 6.58. The van der Waals surface area contributed by atoms with Gasteiger partial charge in [0.1, 0.15) is 0 Å². The van der Waals surface area contributed by atoms with E-state index >= 15 is 0 Å². The molecule has 2 N–H and O–H groups in total. The van der Waals surface area contributed by atoms with Crippen LogP contribution in [-0.4, -0.2) is 23.8 Å². The molecule has 17 heavy (non-hydrogen) atoms. The summed E-state index contributed by atoms with van der Waals surface area (Å²) >= 11 is 0. The van der Waals surface area contributed by atoms with Gasteiger partial charge in [-0.15, -0.1) is 0 Å². The van der Waals surface area contributed by atoms with Crippen LogP contribution in [0.1, 0.15) is 32.3 Å². The molecule has 1 aromatic carbocycles. The van der Waals surface area contributed by atoms with Crippen molar-refractivity contribution < 1.29 is 5.11 Å². The Hall–Kier alpha value is -1.12. The van der Waals surface area contributed by atoms with Crippen LogP contribution in [-0.2, 0) is 0 Å². The van der Waals surface area contributed by atoms with Crippen molar-refractivity contribution in [3.05, 3.63) is 42.5 Å². The summed E-state index contributed by atoms with van der Waals surface area (Å²) in [4.78, 5) is 0. The Balaban J connectivity index is 2.53. The SMILES string of the molecule is C=C(CNC(C)(CC)CCO)c1ccccc1. The largest absolute Gasteiger partial charge is 0.396 e. The van der Waals surface area contributed by atoms with Crippen LogP contribution in [0.5, 0.6) is 0 Å². The fraction of sp³-hybridized carbons (Fsp3) is 0.467. The lowest BCUT2D eigenvalue weighted by atomic mass is 9.94. The quantitative estimate of drug-likeness (QED) is 0.759. The molecular formula is C15H23NO. The van der Waals surface area contributed by atoms with Gasteiger partial charge in [0.15, 0.2) is 0 Å². The van der Waals surface area contributed by atoms with E-state index in [9.17, 15) is 0 Å². The molecule has 2 nitrogen and oxygen atoms in total. The summed E-state index contributed by atoms with van der Waals surface area (Å²) in [5.74, 6) is 0. The highest BCUT2D eigenvalue weighted by atomic mass is 16.3. The number of rotatable bonds is 7. The standard InChI is InChI=1S/C15H23NO/c1-4-15(3,10-11-17)16-12-13(2)14-8-6-5-7-9-14/h5-9,16-17H,2,4,10-12H2,1,3H3. The smallest absolute Gasteiger partial charge is 0.0448 e. The van der Waals surface area contributed by atoms with Crippen LogP contribution in [0.2, 0.25) is 0 Å². The molecule has 1 unspecified atom stereocenters. The van der Waals surface area contributed by atoms with Gasteiger partial charge in [-0.1, -0.05) is 43.8 Å². The number of hydrogen-bond donors (Lipinski definition) is 2. The molecule has 0 heterocycles. The molecule has 0 aromatic heterocycles. The summed E-state index contributed by atoms with van der Waals surface area (Å²) in [6.07, 6.45) is 1.77. The van der Waals surface area contributed by atoms with E-state index in [-0.39, 0.29) is 12.1 Å². The predicted molar refractivity (Wildman–Crippen MR) is 73.9 cm³/mol. The van der Waals surface area contributed by atoms with Gasteiger partial charge in [0.2, 0.25) is 0 Å². The highest BCUT2D eigenvalue weighted by Gasteiger charge is 2.20. The van der Waals surface area contributed by atoms with Crippen LogP contribution < -0.4 is 5.32 Å². The molecule has 0 aliphatic rings. The van der Waals surface area contributed by atoms with Crippen molar-refractivity contribution in [3.8, 4) is 0 Å². The lowest BCUT2D eigenvalue weighted by Crippen LogP contribution is -2.43. The van der Waals surface area contributed by atoms with Crippen molar-refractivity contribution in [1.82, 2.24) is 5.32 Å². The fourth-order valence-corrected chi connectivity index (χ4v) is 1.73. The van der Waals surface area contributed by atoms with E-state index in [0.717, 1.165) is 25.0 Å². The molecule has 0 spiro atoms. The molecule has 0 bridgehead atoms. The zero-order valence-electron chi connectivity index (χ0n) is 10.9. The minimum atomic E-state index is -0.00747. The summed E-state index contributed by atoms with van der Waals surface area (Å²) in [5, 5.41) is 12.5. The maximum absolute atomic E-state index is 9.05. The third-order valence-corrected chi connectivity index (χ3v) is 3.35. The first-order valence-corrected chi connectivity index (χ1v) is 6.20. The zero-order valence-corrected chi connectivity index (χ0v) is 10.9. The Morgan fingerprint density at radius 1 is 1.35 bits per heavy atom. The number of aliphatic hydroxyl groups excluding tert-OH is 1. The minimum absolute atomic E-state index is 0.00747. The third-order valence-electron chi connectivity index (χ3n) is 3.35. The second-order valence-electron chi connectivity index (χ2n) is 4.71. The summed E-state index contributed by atoms with van der Waals surface area (Å²) < 4.78 is 0. The van der Waals surface area contributed by atoms with Crippen molar-refractivity contribution in [2.75, 3.05) is 13.2 Å². The van der Waals surface area contributed by atoms with Gasteiger partial charge in [0, 0.05) is 18.7 Å². The van der Waals surface area contributed by atoms with Gasteiger partial charge in [-0.05, 0) is 30.9 Å². The molecule has 0 aliphatic carbocycles. The number of benzene rings is 1. The molecule has 1 atom stereocenters. The Morgan fingerprint density at radius 2 is 2.00 bits per heavy atom. The molecular weight excluding hydrogens is 210 g/mol. The monoisotopic (exact) mass is 233 g/mol. The molecule has 2 heteroatoms. The zero-order chi connectivity index (χ0) is 12.7. The van der Waals surface area contributed by atoms with Crippen molar-refractivity contribution in [3.63, 3.8) is 0 Å². The van der Waals surface area contributed by atoms with Crippen molar-refractivity contribution in [1.29, 1.82) is 0 Å². The van der Waals surface area contributed by atoms with Gasteiger partial charge >= 0.3 is 0 Å². The molecule has 0 saturated heterocycles. The topological polar surface area (TPSA) is 32.3 Å². The number of aliphatic hydroxyl groups is 1. The Labute approximate surface area is 104 Å². The first-order valence-electron chi connectivity index (χ1n) is 6.20. The Kier molecular flexibility index (Phi) is 5.39. The van der Waals surface area contributed by atoms with Crippen LogP contribution in [0.4, 0.5) is 0 Å². The summed E-state index contributed by atoms with van der Waals surface area (Å²) in [7, 11) is 0. The number of hydrogen-bond acceptors (Lipinski definition) is 2. The first kappa shape index (κ1) is 13.9. The maximum Gasteiger partial charge on any atom is 0.0448 e. The van der Waals surface area contributed by atoms with Crippen molar-refractivity contribution in [2.45, 2.75) is 32.2 Å². The molecule has 0 radical (unpaired) electrons. The minimum Gasteiger partial charge on any atom is -0.396 e. The first-order chi connectivity index (χ1) is 8.11. The van der Waals surface area contributed by atoms with Crippen LogP contribution in [0.25, 0.3) is 5.57 Å². The van der Waals surface area contributed by atoms with Gasteiger partial charge < -0.3 is 10.4 Å². The van der Waals surface area contributed by atoms with Crippen molar-refractivity contribution in [2.24, 2.45) is 0 Å². The van der Waals surface area contributed by atoms with Crippen LogP contribution >= 0.6 is 0 Å². The average molecular weight is 233 g/mol. The molecule has 94 valence electrons. The van der Waals surface area contributed by atoms with E-state index in [2.05, 4.69) is 37.9 Å². The highest BCUT2D eigenvalue weighted by Crippen LogP contribution is 2.16. The average Bonchev–Trinajstić information content (AvgIpc) is 2.37. The second-order valence-corrected chi connectivity index (χ2v) is 4.71. The molecule has 1 rings (SSSR count). The molecule has 0 amide bonds. The normalized spacial score (nSPS) is 14.3. The lowest BCUT2D eigenvalue weighted by molar-refractivity contribution is 0.220. The number of nitrogens with one attached hydrogen (secondary N) is 1. The van der Waals surface area contributed by atoms with E-state index in [1.54, 1.807) is 0 Å². The van der Waals surface area contributed by atoms with Gasteiger partial charge in [0.25, 0.3) is 0 Å². The van der Waals surface area contributed by atoms with Crippen LogP contribution in [0.15, 0.2) is 36.9 Å². The Bertz CT molecular complexity index is 347. The lowest BCUT2D eigenvalue weighted by Gasteiger charge is -2.29. The fourth-order valence-electron chi connectivity index (χ4n) is 1.73. The van der Waals surface area contributed by atoms with Crippen molar-refractivity contribution >= 4 is 5.57 Å². The van der Waals surface area contributed by atoms with Crippen LogP contribution in [0.3, 0.4) is 0 Å². The summed E-state index contributed by atoms with van der Waals surface area (Å²) in [6.45, 7) is 9.35. The summed E-state index contributed by atoms with van der Waals surface area (Å²) in [6, 6.07) is 10.2. The van der Waals surface area contributed by atoms with Gasteiger partial charge in [0.05, 0.1) is 0 Å². The summed E-state index contributed by atoms with van der Waals surface area (Å²) in [5.41, 5.74) is 2.25. The molecule has 0 saturated carbocycles. The molecule has 0 aliphatic heterocycles. The van der Waals surface area contributed by atoms with Gasteiger partial charge in [-0.3, -0.25) is 0 Å². The van der Waals surface area contributed by atoms with E-state index in [1.165, 1.54) is 5.56 Å². The Morgan fingerprint density at radius 3 is 2.53 bits per heavy atom. The van der Waals surface area contributed by atoms with E-state index in [4.69, 9.17) is 5.11 Å². The molecule has 1 aromatic rings. The van der Waals surface area contributed by atoms with Gasteiger partial charge in [-0.25, -0.2) is 0 Å². The van der Waals surface area contributed by atoms with Gasteiger partial charge in [-0.2, -0.15) is 0 Å². The maximum atomic E-state index is 9.05. The molecule has 0 fully saturated rings. The predicted octanol–water partition coefficient (Wildman–Crippen LogP) is 2.84. The van der Waals surface area contributed by atoms with Crippen LogP contribution in [0, 0.1) is 0 Å². The highest BCUT2D eigenvalue weighted by molar-refractivity contribution is 5.64.